The number of aromatic hydroxyl groups is 1. The van der Waals surface area contributed by atoms with E-state index in [2.05, 4.69) is 6.58 Å². The minimum Gasteiger partial charge on any atom is -0.508 e. The second-order valence-electron chi connectivity index (χ2n) is 11.7. The second kappa shape index (κ2) is 9.73. The van der Waals surface area contributed by atoms with Crippen LogP contribution in [-0.2, 0) is 27.2 Å². The quantitative estimate of drug-likeness (QED) is 0.339. The van der Waals surface area contributed by atoms with Crippen LogP contribution in [0.25, 0.3) is 23.0 Å². The Bertz CT molecular complexity index is 1610. The summed E-state index contributed by atoms with van der Waals surface area (Å²) < 4.78 is 0. The predicted molar refractivity (Wildman–Crippen MR) is 155 cm³/mol. The van der Waals surface area contributed by atoms with Gasteiger partial charge in [-0.3, -0.25) is 14.4 Å². The summed E-state index contributed by atoms with van der Waals surface area (Å²) in [5, 5.41) is 45.7. The van der Waals surface area contributed by atoms with Gasteiger partial charge in [-0.1, -0.05) is 45.6 Å². The van der Waals surface area contributed by atoms with E-state index in [1.54, 1.807) is 26.8 Å². The number of carbonyl (C=O) groups is 3. The Kier molecular flexibility index (Phi) is 6.73. The van der Waals surface area contributed by atoms with Gasteiger partial charge in [-0.15, -0.1) is 0 Å². The van der Waals surface area contributed by atoms with E-state index >= 15 is 0 Å². The average Bonchev–Trinajstić information content (AvgIpc) is 2.91. The molecule has 5 rings (SSSR count). The Morgan fingerprint density at radius 2 is 1.85 bits per heavy atom. The zero-order valence-electron chi connectivity index (χ0n) is 23.6. The molecule has 41 heavy (non-hydrogen) atoms. The van der Waals surface area contributed by atoms with E-state index < -0.39 is 57.9 Å². The Morgan fingerprint density at radius 1 is 1.17 bits per heavy atom. The van der Waals surface area contributed by atoms with E-state index in [0.29, 0.717) is 11.1 Å². The first-order valence-corrected chi connectivity index (χ1v) is 13.9. The van der Waals surface area contributed by atoms with Crippen molar-refractivity contribution in [3.8, 4) is 16.9 Å². The molecular weight excluding hydrogens is 522 g/mol. The van der Waals surface area contributed by atoms with E-state index in [1.165, 1.54) is 0 Å². The summed E-state index contributed by atoms with van der Waals surface area (Å²) in [5.41, 5.74) is 6.75. The lowest BCUT2D eigenvalue weighted by Gasteiger charge is -2.50. The third kappa shape index (κ3) is 3.88. The van der Waals surface area contributed by atoms with Crippen molar-refractivity contribution in [3.63, 3.8) is 0 Å². The van der Waals surface area contributed by atoms with Crippen molar-refractivity contribution in [3.05, 3.63) is 75.6 Å². The first-order valence-electron chi connectivity index (χ1n) is 13.9. The van der Waals surface area contributed by atoms with Crippen LogP contribution in [-0.4, -0.2) is 43.5 Å². The summed E-state index contributed by atoms with van der Waals surface area (Å²) in [6, 6.07) is 7.85. The van der Waals surface area contributed by atoms with E-state index in [-0.39, 0.29) is 35.6 Å². The van der Waals surface area contributed by atoms with Gasteiger partial charge in [-0.05, 0) is 83.5 Å². The monoisotopic (exact) mass is 557 g/mol. The van der Waals surface area contributed by atoms with Crippen molar-refractivity contribution in [2.75, 3.05) is 0 Å². The molecule has 0 saturated heterocycles. The molecule has 3 aliphatic rings. The average molecular weight is 558 g/mol. The number of carbonyl (C=O) groups excluding carboxylic acids is 3. The molecule has 3 aliphatic carbocycles. The molecular formula is C33H35NO7. The molecule has 8 heteroatoms. The second-order valence-corrected chi connectivity index (χ2v) is 11.7. The molecule has 0 spiro atoms. The summed E-state index contributed by atoms with van der Waals surface area (Å²) in [6.07, 6.45) is 2.79. The van der Waals surface area contributed by atoms with Gasteiger partial charge in [-0.2, -0.15) is 0 Å². The molecule has 0 heterocycles. The maximum absolute atomic E-state index is 14.1. The maximum Gasteiger partial charge on any atom is 0.255 e. The number of rotatable bonds is 5. The van der Waals surface area contributed by atoms with Crippen molar-refractivity contribution in [1.82, 2.24) is 0 Å². The van der Waals surface area contributed by atoms with Gasteiger partial charge in [0.15, 0.2) is 11.4 Å². The molecule has 1 fully saturated rings. The lowest BCUT2D eigenvalue weighted by Crippen LogP contribution is -2.62. The van der Waals surface area contributed by atoms with Crippen LogP contribution in [0, 0.1) is 30.6 Å². The number of benzene rings is 2. The number of ketones is 2. The fourth-order valence-corrected chi connectivity index (χ4v) is 7.21. The molecule has 8 nitrogen and oxygen atoms in total. The highest BCUT2D eigenvalue weighted by molar-refractivity contribution is 6.23. The fraction of sp³-hybridized carbons (Fsp3) is 0.364. The first kappa shape index (κ1) is 28.4. The summed E-state index contributed by atoms with van der Waals surface area (Å²) >= 11 is 0. The fourth-order valence-electron chi connectivity index (χ4n) is 7.21. The standard InChI is InChI=1S/C33H35NO7/c1-6-16-8-9-17(7-2)19(11-16)20-10-15(5)27(35)25-21(20)12-18-13-22-23(14(3)4)28(36)26(32(34)40)31(39)33(22,41)30(38)24(18)29(25)37/h6,8-11,14,18,22-23,35,37,39,41H,1,7,12-13H2,2-5H3,(H2,34,40)/t18-,22-,23-,33-/m0/s1. The summed E-state index contributed by atoms with van der Waals surface area (Å²) in [5.74, 6) is -7.71. The number of phenolic OH excluding ortho intramolecular Hbond substituents is 1. The van der Waals surface area contributed by atoms with Crippen molar-refractivity contribution in [2.45, 2.75) is 52.6 Å². The molecule has 0 radical (unpaired) electrons. The molecule has 2 aromatic carbocycles. The lowest BCUT2D eigenvalue weighted by molar-refractivity contribution is -0.155. The molecule has 0 aliphatic heterocycles. The largest absolute Gasteiger partial charge is 0.508 e. The summed E-state index contributed by atoms with van der Waals surface area (Å²) in [6.45, 7) is 11.1. The molecule has 6 N–H and O–H groups in total. The van der Waals surface area contributed by atoms with Crippen LogP contribution in [0.4, 0.5) is 0 Å². The molecule has 4 atom stereocenters. The molecule has 0 unspecified atom stereocenters. The van der Waals surface area contributed by atoms with Gasteiger partial charge in [-0.25, -0.2) is 0 Å². The number of primary amides is 1. The molecule has 1 amide bonds. The lowest BCUT2D eigenvalue weighted by atomic mass is 9.54. The van der Waals surface area contributed by atoms with Crippen molar-refractivity contribution in [2.24, 2.45) is 29.4 Å². The van der Waals surface area contributed by atoms with Crippen LogP contribution in [0.2, 0.25) is 0 Å². The Labute approximate surface area is 238 Å². The number of Topliss-reactive ketones (excluding diaryl/α,β-unsaturated/α-hetero) is 2. The summed E-state index contributed by atoms with van der Waals surface area (Å²) in [7, 11) is 0. The topological polar surface area (TPSA) is 158 Å². The van der Waals surface area contributed by atoms with Gasteiger partial charge in [0.2, 0.25) is 5.78 Å². The van der Waals surface area contributed by atoms with E-state index in [0.717, 1.165) is 28.7 Å². The Balaban J connectivity index is 1.79. The van der Waals surface area contributed by atoms with Gasteiger partial charge >= 0.3 is 0 Å². The minimum absolute atomic E-state index is 0.0766. The van der Waals surface area contributed by atoms with E-state index in [1.807, 2.05) is 31.2 Å². The Morgan fingerprint density at radius 3 is 2.44 bits per heavy atom. The van der Waals surface area contributed by atoms with Gasteiger partial charge in [0.1, 0.15) is 22.8 Å². The Hall–Kier alpha value is -4.17. The number of amides is 1. The van der Waals surface area contributed by atoms with E-state index in [9.17, 15) is 34.8 Å². The third-order valence-corrected chi connectivity index (χ3v) is 9.20. The molecule has 0 bridgehead atoms. The van der Waals surface area contributed by atoms with Crippen LogP contribution in [0.1, 0.15) is 55.0 Å². The number of hydrogen-bond acceptors (Lipinski definition) is 7. The number of fused-ring (bicyclic) bond motifs is 3. The smallest absolute Gasteiger partial charge is 0.255 e. The zero-order chi connectivity index (χ0) is 30.1. The van der Waals surface area contributed by atoms with Gasteiger partial charge in [0.25, 0.3) is 5.91 Å². The minimum atomic E-state index is -2.62. The number of aliphatic hydroxyl groups excluding tert-OH is 2. The summed E-state index contributed by atoms with van der Waals surface area (Å²) in [4.78, 5) is 39.7. The van der Waals surface area contributed by atoms with Crippen molar-refractivity contribution in [1.29, 1.82) is 0 Å². The zero-order valence-corrected chi connectivity index (χ0v) is 23.6. The highest BCUT2D eigenvalue weighted by atomic mass is 16.3. The van der Waals surface area contributed by atoms with Crippen LogP contribution in [0.15, 0.2) is 47.7 Å². The van der Waals surface area contributed by atoms with Crippen molar-refractivity contribution < 1.29 is 34.8 Å². The number of hydrogen-bond donors (Lipinski definition) is 5. The highest BCUT2D eigenvalue weighted by Gasteiger charge is 2.64. The van der Waals surface area contributed by atoms with Crippen LogP contribution in [0.3, 0.4) is 0 Å². The van der Waals surface area contributed by atoms with Gasteiger partial charge in [0, 0.05) is 17.4 Å². The normalized spacial score (nSPS) is 25.7. The first-order chi connectivity index (χ1) is 19.3. The number of nitrogens with two attached hydrogens (primary N) is 1. The van der Waals surface area contributed by atoms with Crippen LogP contribution < -0.4 is 5.73 Å². The SMILES string of the molecule is C=Cc1ccc(CC)c(-c2cc(C)c(O)c3c2C[C@H]2C[C@H]4[C@H](C(C)C)C(=O)C(C(N)=O)=C(O)[C@@]4(O)C(=O)C2=C3O)c1. The maximum atomic E-state index is 14.1. The third-order valence-electron chi connectivity index (χ3n) is 9.20. The predicted octanol–water partition coefficient (Wildman–Crippen LogP) is 4.49. The van der Waals surface area contributed by atoms with Gasteiger partial charge < -0.3 is 26.2 Å². The van der Waals surface area contributed by atoms with Crippen LogP contribution >= 0.6 is 0 Å². The van der Waals surface area contributed by atoms with Gasteiger partial charge in [0.05, 0.1) is 5.56 Å². The van der Waals surface area contributed by atoms with Crippen molar-refractivity contribution >= 4 is 29.3 Å². The van der Waals surface area contributed by atoms with E-state index in [4.69, 9.17) is 5.73 Å². The number of aliphatic hydroxyl groups is 3. The number of phenols is 1. The highest BCUT2D eigenvalue weighted by Crippen LogP contribution is 2.55. The van der Waals surface area contributed by atoms with Crippen LogP contribution in [0.5, 0.6) is 5.75 Å². The molecule has 1 saturated carbocycles. The molecule has 214 valence electrons. The number of aryl methyl sites for hydroxylation is 2. The molecule has 0 aromatic heterocycles. The molecule has 2 aromatic rings.